The van der Waals surface area contributed by atoms with E-state index in [0.717, 1.165) is 0 Å². The van der Waals surface area contributed by atoms with Gasteiger partial charge in [-0.25, -0.2) is 4.79 Å². The first kappa shape index (κ1) is 12.0. The van der Waals surface area contributed by atoms with Gasteiger partial charge in [0, 0.05) is 13.6 Å². The van der Waals surface area contributed by atoms with E-state index in [4.69, 9.17) is 5.11 Å². The molecule has 0 aliphatic carbocycles. The predicted molar refractivity (Wildman–Crippen MR) is 60.6 cm³/mol. The molecule has 4 heteroatoms. The van der Waals surface area contributed by atoms with Crippen molar-refractivity contribution in [1.82, 2.24) is 4.90 Å². The van der Waals surface area contributed by atoms with E-state index in [1.54, 1.807) is 25.3 Å². The number of likely N-dealkylation sites (N-methyl/N-ethyl adjacent to an activating group) is 1. The molecule has 0 saturated carbocycles. The molecule has 1 N–H and O–H groups in total. The highest BCUT2D eigenvalue weighted by Crippen LogP contribution is 2.11. The molecule has 0 spiro atoms. The Kier molecular flexibility index (Phi) is 3.83. The minimum atomic E-state index is -1.10. The van der Waals surface area contributed by atoms with Gasteiger partial charge in [0.25, 0.3) is 5.91 Å². The molecule has 0 aromatic heterocycles. The zero-order valence-electron chi connectivity index (χ0n) is 9.01. The second-order valence-corrected chi connectivity index (χ2v) is 3.33. The minimum Gasteiger partial charge on any atom is -0.478 e. The van der Waals surface area contributed by atoms with E-state index in [0.29, 0.717) is 6.54 Å². The highest BCUT2D eigenvalue weighted by atomic mass is 16.4. The molecule has 0 bridgehead atoms. The van der Waals surface area contributed by atoms with Gasteiger partial charge in [-0.15, -0.1) is 6.58 Å². The third-order valence-electron chi connectivity index (χ3n) is 2.14. The number of hydrogen-bond donors (Lipinski definition) is 1. The van der Waals surface area contributed by atoms with Gasteiger partial charge in [-0.05, 0) is 12.1 Å². The minimum absolute atomic E-state index is 0.0170. The largest absolute Gasteiger partial charge is 0.478 e. The maximum Gasteiger partial charge on any atom is 0.336 e. The molecule has 1 amide bonds. The normalized spacial score (nSPS) is 9.56. The van der Waals surface area contributed by atoms with Crippen molar-refractivity contribution in [2.24, 2.45) is 0 Å². The van der Waals surface area contributed by atoms with Crippen LogP contribution in [-0.4, -0.2) is 35.5 Å². The fourth-order valence-corrected chi connectivity index (χ4v) is 1.34. The average molecular weight is 219 g/mol. The summed E-state index contributed by atoms with van der Waals surface area (Å²) in [4.78, 5) is 24.2. The molecule has 0 radical (unpaired) electrons. The SMILES string of the molecule is C=CCN(C)C(=O)c1ccccc1C(=O)O. The van der Waals surface area contributed by atoms with Crippen molar-refractivity contribution in [1.29, 1.82) is 0 Å². The first-order valence-corrected chi connectivity index (χ1v) is 4.76. The fourth-order valence-electron chi connectivity index (χ4n) is 1.34. The number of carboxylic acid groups (broad SMARTS) is 1. The van der Waals surface area contributed by atoms with Gasteiger partial charge >= 0.3 is 5.97 Å². The van der Waals surface area contributed by atoms with Gasteiger partial charge in [0.1, 0.15) is 0 Å². The van der Waals surface area contributed by atoms with Gasteiger partial charge in [0.05, 0.1) is 11.1 Å². The number of carbonyl (C=O) groups excluding carboxylic acids is 1. The molecule has 0 saturated heterocycles. The van der Waals surface area contributed by atoms with E-state index in [9.17, 15) is 9.59 Å². The second-order valence-electron chi connectivity index (χ2n) is 3.33. The molecule has 0 heterocycles. The standard InChI is InChI=1S/C12H13NO3/c1-3-8-13(2)11(14)9-6-4-5-7-10(9)12(15)16/h3-7H,1,8H2,2H3,(H,15,16). The molecule has 1 aromatic carbocycles. The smallest absolute Gasteiger partial charge is 0.336 e. The summed E-state index contributed by atoms with van der Waals surface area (Å²) in [5, 5.41) is 8.94. The first-order chi connectivity index (χ1) is 7.57. The van der Waals surface area contributed by atoms with Gasteiger partial charge in [0.2, 0.25) is 0 Å². The number of benzene rings is 1. The molecule has 84 valence electrons. The number of carbonyl (C=O) groups is 2. The molecule has 4 nitrogen and oxygen atoms in total. The molecular formula is C12H13NO3. The number of rotatable bonds is 4. The van der Waals surface area contributed by atoms with Crippen LogP contribution in [0.25, 0.3) is 0 Å². The van der Waals surface area contributed by atoms with Gasteiger partial charge in [-0.2, -0.15) is 0 Å². The summed E-state index contributed by atoms with van der Waals surface area (Å²) < 4.78 is 0. The Bertz CT molecular complexity index is 426. The summed E-state index contributed by atoms with van der Waals surface area (Å²) in [6, 6.07) is 6.15. The number of hydrogen-bond acceptors (Lipinski definition) is 2. The van der Waals surface area contributed by atoms with Crippen molar-refractivity contribution >= 4 is 11.9 Å². The Morgan fingerprint density at radius 2 is 1.94 bits per heavy atom. The Morgan fingerprint density at radius 1 is 1.38 bits per heavy atom. The Balaban J connectivity index is 3.08. The predicted octanol–water partition coefficient (Wildman–Crippen LogP) is 1.64. The maximum absolute atomic E-state index is 11.9. The van der Waals surface area contributed by atoms with Crippen molar-refractivity contribution in [3.05, 3.63) is 48.0 Å². The first-order valence-electron chi connectivity index (χ1n) is 4.76. The molecule has 0 atom stereocenters. The zero-order valence-corrected chi connectivity index (χ0v) is 9.01. The summed E-state index contributed by atoms with van der Waals surface area (Å²) in [5.41, 5.74) is 0.211. The summed E-state index contributed by atoms with van der Waals surface area (Å²) in [6.07, 6.45) is 1.58. The third-order valence-corrected chi connectivity index (χ3v) is 2.14. The number of carboxylic acids is 1. The number of nitrogens with zero attached hydrogens (tertiary/aromatic N) is 1. The highest BCUT2D eigenvalue weighted by molar-refractivity contribution is 6.04. The van der Waals surface area contributed by atoms with Crippen LogP contribution in [0.3, 0.4) is 0 Å². The lowest BCUT2D eigenvalue weighted by molar-refractivity contribution is 0.0683. The summed E-state index contributed by atoms with van der Waals surface area (Å²) in [7, 11) is 1.60. The highest BCUT2D eigenvalue weighted by Gasteiger charge is 2.17. The van der Waals surface area contributed by atoms with E-state index in [2.05, 4.69) is 6.58 Å². The monoisotopic (exact) mass is 219 g/mol. The third kappa shape index (κ3) is 2.48. The van der Waals surface area contributed by atoms with E-state index in [1.807, 2.05) is 0 Å². The van der Waals surface area contributed by atoms with Crippen LogP contribution in [0.15, 0.2) is 36.9 Å². The van der Waals surface area contributed by atoms with Gasteiger partial charge in [-0.1, -0.05) is 18.2 Å². The Morgan fingerprint density at radius 3 is 2.44 bits per heavy atom. The molecule has 0 aliphatic heterocycles. The topological polar surface area (TPSA) is 57.6 Å². The van der Waals surface area contributed by atoms with Crippen LogP contribution < -0.4 is 0 Å². The maximum atomic E-state index is 11.9. The van der Waals surface area contributed by atoms with Gasteiger partial charge in [-0.3, -0.25) is 4.79 Å². The van der Waals surface area contributed by atoms with E-state index in [-0.39, 0.29) is 17.0 Å². The van der Waals surface area contributed by atoms with Gasteiger partial charge in [0.15, 0.2) is 0 Å². The van der Waals surface area contributed by atoms with Crippen LogP contribution in [-0.2, 0) is 0 Å². The molecule has 16 heavy (non-hydrogen) atoms. The number of amides is 1. The van der Waals surface area contributed by atoms with E-state index < -0.39 is 5.97 Å². The van der Waals surface area contributed by atoms with Crippen molar-refractivity contribution < 1.29 is 14.7 Å². The van der Waals surface area contributed by atoms with E-state index >= 15 is 0 Å². The quantitative estimate of drug-likeness (QED) is 0.783. The average Bonchev–Trinajstić information content (AvgIpc) is 2.28. The van der Waals surface area contributed by atoms with Gasteiger partial charge < -0.3 is 10.0 Å². The molecule has 1 rings (SSSR count). The van der Waals surface area contributed by atoms with Crippen LogP contribution >= 0.6 is 0 Å². The lowest BCUT2D eigenvalue weighted by Gasteiger charge is -2.15. The molecular weight excluding hydrogens is 206 g/mol. The van der Waals surface area contributed by atoms with Crippen LogP contribution in [0.5, 0.6) is 0 Å². The Hall–Kier alpha value is -2.10. The zero-order chi connectivity index (χ0) is 12.1. The van der Waals surface area contributed by atoms with Crippen molar-refractivity contribution in [2.75, 3.05) is 13.6 Å². The van der Waals surface area contributed by atoms with Crippen LogP contribution in [0.1, 0.15) is 20.7 Å². The molecule has 1 aromatic rings. The van der Waals surface area contributed by atoms with Crippen LogP contribution in [0, 0.1) is 0 Å². The van der Waals surface area contributed by atoms with Crippen LogP contribution in [0.2, 0.25) is 0 Å². The summed E-state index contributed by atoms with van der Waals surface area (Å²) >= 11 is 0. The van der Waals surface area contributed by atoms with Crippen LogP contribution in [0.4, 0.5) is 0 Å². The summed E-state index contributed by atoms with van der Waals surface area (Å²) in [5.74, 6) is -1.42. The Labute approximate surface area is 93.8 Å². The number of aromatic carboxylic acids is 1. The molecule has 0 fully saturated rings. The van der Waals surface area contributed by atoms with Crippen molar-refractivity contribution in [3.63, 3.8) is 0 Å². The lowest BCUT2D eigenvalue weighted by Crippen LogP contribution is -2.28. The van der Waals surface area contributed by atoms with Crippen molar-refractivity contribution in [2.45, 2.75) is 0 Å². The summed E-state index contributed by atoms with van der Waals surface area (Å²) in [6.45, 7) is 3.91. The lowest BCUT2D eigenvalue weighted by atomic mass is 10.1. The fraction of sp³-hybridized carbons (Fsp3) is 0.167. The molecule has 0 unspecified atom stereocenters. The van der Waals surface area contributed by atoms with E-state index in [1.165, 1.54) is 17.0 Å². The molecule has 0 aliphatic rings. The van der Waals surface area contributed by atoms with Crippen molar-refractivity contribution in [3.8, 4) is 0 Å². The second kappa shape index (κ2) is 5.11.